The lowest BCUT2D eigenvalue weighted by atomic mass is 10.0. The highest BCUT2D eigenvalue weighted by Crippen LogP contribution is 2.21. The van der Waals surface area contributed by atoms with Gasteiger partial charge in [-0.05, 0) is 55.2 Å². The number of fused-ring (bicyclic) bond motifs is 1. The number of carbonyl (C=O) groups excluding carboxylic acids is 1. The predicted octanol–water partition coefficient (Wildman–Crippen LogP) is 3.48. The van der Waals surface area contributed by atoms with Gasteiger partial charge in [-0.25, -0.2) is 0 Å². The van der Waals surface area contributed by atoms with E-state index in [1.54, 1.807) is 0 Å². The molecule has 0 atom stereocenters. The van der Waals surface area contributed by atoms with Crippen LogP contribution in [0, 0.1) is 11.3 Å². The van der Waals surface area contributed by atoms with Crippen molar-refractivity contribution in [2.75, 3.05) is 19.6 Å². The minimum absolute atomic E-state index is 0.0196. The van der Waals surface area contributed by atoms with Crippen molar-refractivity contribution in [1.29, 1.82) is 5.26 Å². The Kier molecular flexibility index (Phi) is 5.41. The van der Waals surface area contributed by atoms with Crippen molar-refractivity contribution >= 4 is 16.8 Å². The van der Waals surface area contributed by atoms with Crippen LogP contribution in [0.2, 0.25) is 0 Å². The van der Waals surface area contributed by atoms with Gasteiger partial charge in [-0.15, -0.1) is 0 Å². The lowest BCUT2D eigenvalue weighted by Crippen LogP contribution is -2.45. The molecule has 2 heterocycles. The number of hydrogen-bond donors (Lipinski definition) is 2. The molecule has 1 saturated heterocycles. The Morgan fingerprint density at radius 3 is 2.71 bits per heavy atom. The minimum Gasteiger partial charge on any atom is -0.361 e. The highest BCUT2D eigenvalue weighted by Gasteiger charge is 2.21. The summed E-state index contributed by atoms with van der Waals surface area (Å²) < 4.78 is 0. The van der Waals surface area contributed by atoms with Crippen molar-refractivity contribution in [3.8, 4) is 6.07 Å². The molecule has 2 aromatic carbocycles. The number of aromatic amines is 1. The number of rotatable bonds is 5. The van der Waals surface area contributed by atoms with Crippen LogP contribution in [-0.4, -0.2) is 41.5 Å². The average molecular weight is 372 g/mol. The van der Waals surface area contributed by atoms with Gasteiger partial charge in [0.05, 0.1) is 11.6 Å². The highest BCUT2D eigenvalue weighted by atomic mass is 16.1. The number of likely N-dealkylation sites (tertiary alicyclic amines) is 1. The molecule has 5 nitrogen and oxygen atoms in total. The van der Waals surface area contributed by atoms with Crippen LogP contribution in [0.4, 0.5) is 0 Å². The molecule has 0 bridgehead atoms. The van der Waals surface area contributed by atoms with E-state index in [0.717, 1.165) is 55.4 Å². The molecule has 0 unspecified atom stereocenters. The number of nitrogens with one attached hydrogen (secondary N) is 2. The van der Waals surface area contributed by atoms with Crippen molar-refractivity contribution in [3.05, 3.63) is 71.4 Å². The molecule has 1 aliphatic heterocycles. The van der Waals surface area contributed by atoms with E-state index in [4.69, 9.17) is 5.26 Å². The van der Waals surface area contributed by atoms with Gasteiger partial charge in [0.25, 0.3) is 5.91 Å². The normalized spacial score (nSPS) is 15.4. The van der Waals surface area contributed by atoms with Crippen LogP contribution >= 0.6 is 0 Å². The number of amides is 1. The fourth-order valence-electron chi connectivity index (χ4n) is 3.89. The zero-order valence-electron chi connectivity index (χ0n) is 15.8. The maximum atomic E-state index is 12.3. The molecule has 0 radical (unpaired) electrons. The summed E-state index contributed by atoms with van der Waals surface area (Å²) in [7, 11) is 0. The molecule has 1 fully saturated rings. The van der Waals surface area contributed by atoms with Gasteiger partial charge in [0.1, 0.15) is 0 Å². The Morgan fingerprint density at radius 2 is 1.96 bits per heavy atom. The van der Waals surface area contributed by atoms with E-state index in [-0.39, 0.29) is 11.9 Å². The van der Waals surface area contributed by atoms with Gasteiger partial charge in [-0.2, -0.15) is 5.26 Å². The maximum Gasteiger partial charge on any atom is 0.251 e. The predicted molar refractivity (Wildman–Crippen MR) is 110 cm³/mol. The van der Waals surface area contributed by atoms with Crippen LogP contribution in [0.1, 0.15) is 34.3 Å². The molecule has 1 aliphatic rings. The first-order valence-corrected chi connectivity index (χ1v) is 9.81. The molecule has 142 valence electrons. The molecule has 1 aromatic heterocycles. The van der Waals surface area contributed by atoms with Crippen LogP contribution in [-0.2, 0) is 6.42 Å². The monoisotopic (exact) mass is 372 g/mol. The molecule has 1 amide bonds. The SMILES string of the molecule is N#Cc1ccc2[nH]cc(CCN3CCC(NC(=O)c4ccccc4)CC3)c2c1. The largest absolute Gasteiger partial charge is 0.361 e. The number of hydrogen-bond acceptors (Lipinski definition) is 3. The lowest BCUT2D eigenvalue weighted by molar-refractivity contribution is 0.0911. The number of H-pyrrole nitrogens is 1. The first-order chi connectivity index (χ1) is 13.7. The number of nitriles is 1. The number of nitrogens with zero attached hydrogens (tertiary/aromatic N) is 2. The standard InChI is InChI=1S/C23H24N4O/c24-15-17-6-7-22-21(14-17)19(16-25-22)8-11-27-12-9-20(10-13-27)26-23(28)18-4-2-1-3-5-18/h1-7,14,16,20,25H,8-13H2,(H,26,28). The molecule has 4 rings (SSSR count). The van der Waals surface area contributed by atoms with E-state index in [2.05, 4.69) is 27.5 Å². The number of aromatic nitrogens is 1. The zero-order chi connectivity index (χ0) is 19.3. The van der Waals surface area contributed by atoms with Crippen LogP contribution in [0.25, 0.3) is 10.9 Å². The van der Waals surface area contributed by atoms with Crippen molar-refractivity contribution in [3.63, 3.8) is 0 Å². The first kappa shape index (κ1) is 18.3. The Bertz CT molecular complexity index is 994. The molecule has 28 heavy (non-hydrogen) atoms. The third kappa shape index (κ3) is 4.08. The maximum absolute atomic E-state index is 12.3. The van der Waals surface area contributed by atoms with Crippen LogP contribution < -0.4 is 5.32 Å². The van der Waals surface area contributed by atoms with Crippen molar-refractivity contribution in [1.82, 2.24) is 15.2 Å². The zero-order valence-corrected chi connectivity index (χ0v) is 15.8. The molecule has 2 N–H and O–H groups in total. The molecule has 0 spiro atoms. The Balaban J connectivity index is 1.28. The smallest absolute Gasteiger partial charge is 0.251 e. The Labute approximate surface area is 165 Å². The molecule has 0 saturated carbocycles. The summed E-state index contributed by atoms with van der Waals surface area (Å²) in [6, 6.07) is 17.6. The second kappa shape index (κ2) is 8.28. The summed E-state index contributed by atoms with van der Waals surface area (Å²) in [5.41, 5.74) is 3.76. The quantitative estimate of drug-likeness (QED) is 0.720. The summed E-state index contributed by atoms with van der Waals surface area (Å²) in [4.78, 5) is 18.1. The van der Waals surface area contributed by atoms with Gasteiger partial charge >= 0.3 is 0 Å². The van der Waals surface area contributed by atoms with Crippen LogP contribution in [0.5, 0.6) is 0 Å². The second-order valence-corrected chi connectivity index (χ2v) is 7.39. The number of benzene rings is 2. The Morgan fingerprint density at radius 1 is 1.18 bits per heavy atom. The van der Waals surface area contributed by atoms with Crippen molar-refractivity contribution in [2.24, 2.45) is 0 Å². The summed E-state index contributed by atoms with van der Waals surface area (Å²) in [5.74, 6) is 0.0196. The van der Waals surface area contributed by atoms with Gasteiger partial charge in [0.15, 0.2) is 0 Å². The summed E-state index contributed by atoms with van der Waals surface area (Å²) >= 11 is 0. The van der Waals surface area contributed by atoms with E-state index >= 15 is 0 Å². The molecule has 5 heteroatoms. The van der Waals surface area contributed by atoms with E-state index < -0.39 is 0 Å². The van der Waals surface area contributed by atoms with Crippen LogP contribution in [0.15, 0.2) is 54.7 Å². The molecule has 0 aliphatic carbocycles. The lowest BCUT2D eigenvalue weighted by Gasteiger charge is -2.32. The van der Waals surface area contributed by atoms with Gasteiger partial charge in [-0.3, -0.25) is 4.79 Å². The average Bonchev–Trinajstić information content (AvgIpc) is 3.16. The molecular formula is C23H24N4O. The minimum atomic E-state index is 0.0196. The second-order valence-electron chi connectivity index (χ2n) is 7.39. The third-order valence-electron chi connectivity index (χ3n) is 5.55. The number of piperidine rings is 1. The van der Waals surface area contributed by atoms with Crippen molar-refractivity contribution in [2.45, 2.75) is 25.3 Å². The molecule has 3 aromatic rings. The van der Waals surface area contributed by atoms with Gasteiger partial charge in [0.2, 0.25) is 0 Å². The van der Waals surface area contributed by atoms with E-state index in [1.165, 1.54) is 5.56 Å². The number of carbonyl (C=O) groups is 1. The highest BCUT2D eigenvalue weighted by molar-refractivity contribution is 5.94. The van der Waals surface area contributed by atoms with Gasteiger partial charge < -0.3 is 15.2 Å². The van der Waals surface area contributed by atoms with E-state index in [1.807, 2.05) is 48.5 Å². The summed E-state index contributed by atoms with van der Waals surface area (Å²) in [6.45, 7) is 2.97. The van der Waals surface area contributed by atoms with Gasteiger partial charge in [0, 0.05) is 48.3 Å². The summed E-state index contributed by atoms with van der Waals surface area (Å²) in [6.07, 6.45) is 4.96. The van der Waals surface area contributed by atoms with E-state index in [9.17, 15) is 4.79 Å². The Hall–Kier alpha value is -3.10. The molecular weight excluding hydrogens is 348 g/mol. The first-order valence-electron chi connectivity index (χ1n) is 9.81. The van der Waals surface area contributed by atoms with Crippen molar-refractivity contribution < 1.29 is 4.79 Å². The third-order valence-corrected chi connectivity index (χ3v) is 5.55. The fourth-order valence-corrected chi connectivity index (χ4v) is 3.89. The fraction of sp³-hybridized carbons (Fsp3) is 0.304. The van der Waals surface area contributed by atoms with Crippen LogP contribution in [0.3, 0.4) is 0 Å². The van der Waals surface area contributed by atoms with E-state index in [0.29, 0.717) is 5.56 Å². The summed E-state index contributed by atoms with van der Waals surface area (Å²) in [5, 5.41) is 13.4. The van der Waals surface area contributed by atoms with Gasteiger partial charge in [-0.1, -0.05) is 18.2 Å². The topological polar surface area (TPSA) is 71.9 Å².